The van der Waals surface area contributed by atoms with Crippen LogP contribution in [-0.2, 0) is 13.2 Å². The summed E-state index contributed by atoms with van der Waals surface area (Å²) >= 11 is 0. The Hall–Kier alpha value is -3.74. The van der Waals surface area contributed by atoms with Crippen LogP contribution in [0.1, 0.15) is 17.0 Å². The molecule has 0 aliphatic carbocycles. The highest BCUT2D eigenvalue weighted by Gasteiger charge is 2.05. The zero-order valence-electron chi connectivity index (χ0n) is 15.9. The summed E-state index contributed by atoms with van der Waals surface area (Å²) in [5.74, 6) is 2.66. The molecule has 0 unspecified atom stereocenters. The van der Waals surface area contributed by atoms with Crippen molar-refractivity contribution in [1.82, 2.24) is 19.5 Å². The van der Waals surface area contributed by atoms with E-state index in [9.17, 15) is 4.39 Å². The zero-order chi connectivity index (χ0) is 20.1. The highest BCUT2D eigenvalue weighted by atomic mass is 19.1. The Labute approximate surface area is 168 Å². The number of rotatable bonds is 7. The van der Waals surface area contributed by atoms with Crippen LogP contribution < -0.4 is 10.1 Å². The lowest BCUT2D eigenvalue weighted by molar-refractivity contribution is 0.300. The van der Waals surface area contributed by atoms with Crippen molar-refractivity contribution < 1.29 is 9.13 Å². The number of aryl methyl sites for hydroxylation is 1. The molecule has 2 aromatic heterocycles. The lowest BCUT2D eigenvalue weighted by atomic mass is 10.2. The lowest BCUT2D eigenvalue weighted by Crippen LogP contribution is -2.06. The Balaban J connectivity index is 1.35. The zero-order valence-corrected chi connectivity index (χ0v) is 15.9. The van der Waals surface area contributed by atoms with E-state index in [0.29, 0.717) is 29.5 Å². The molecule has 29 heavy (non-hydrogen) atoms. The average Bonchev–Trinajstić information content (AvgIpc) is 3.18. The Kier molecular flexibility index (Phi) is 5.47. The fourth-order valence-corrected chi connectivity index (χ4v) is 2.85. The van der Waals surface area contributed by atoms with Crippen molar-refractivity contribution in [2.24, 2.45) is 0 Å². The fraction of sp³-hybridized carbons (Fsp3) is 0.136. The molecule has 0 spiro atoms. The van der Waals surface area contributed by atoms with Gasteiger partial charge in [-0.15, -0.1) is 0 Å². The molecule has 0 fully saturated rings. The number of nitrogens with zero attached hydrogens (tertiary/aromatic N) is 4. The summed E-state index contributed by atoms with van der Waals surface area (Å²) in [7, 11) is 0. The van der Waals surface area contributed by atoms with Gasteiger partial charge in [-0.2, -0.15) is 0 Å². The van der Waals surface area contributed by atoms with Gasteiger partial charge in [0.15, 0.2) is 5.82 Å². The van der Waals surface area contributed by atoms with E-state index < -0.39 is 0 Å². The maximum absolute atomic E-state index is 13.7. The molecule has 0 bridgehead atoms. The van der Waals surface area contributed by atoms with Crippen molar-refractivity contribution in [2.45, 2.75) is 20.1 Å². The van der Waals surface area contributed by atoms with E-state index in [4.69, 9.17) is 4.74 Å². The van der Waals surface area contributed by atoms with E-state index in [2.05, 4.69) is 20.3 Å². The summed E-state index contributed by atoms with van der Waals surface area (Å²) < 4.78 is 21.2. The van der Waals surface area contributed by atoms with Gasteiger partial charge in [0.1, 0.15) is 29.8 Å². The van der Waals surface area contributed by atoms with Crippen LogP contribution in [0.3, 0.4) is 0 Å². The molecular weight excluding hydrogens is 369 g/mol. The molecule has 2 aromatic carbocycles. The molecule has 0 aliphatic heterocycles. The van der Waals surface area contributed by atoms with Gasteiger partial charge in [0.25, 0.3) is 0 Å². The van der Waals surface area contributed by atoms with Crippen LogP contribution in [-0.4, -0.2) is 19.5 Å². The van der Waals surface area contributed by atoms with Gasteiger partial charge >= 0.3 is 0 Å². The van der Waals surface area contributed by atoms with Crippen molar-refractivity contribution in [3.05, 3.63) is 96.1 Å². The molecule has 0 radical (unpaired) electrons. The van der Waals surface area contributed by atoms with Crippen LogP contribution in [0.15, 0.2) is 73.3 Å². The van der Waals surface area contributed by atoms with Crippen molar-refractivity contribution >= 4 is 5.82 Å². The highest BCUT2D eigenvalue weighted by molar-refractivity contribution is 5.38. The van der Waals surface area contributed by atoms with E-state index in [1.54, 1.807) is 36.8 Å². The van der Waals surface area contributed by atoms with Crippen LogP contribution in [0.25, 0.3) is 5.82 Å². The predicted molar refractivity (Wildman–Crippen MR) is 108 cm³/mol. The molecule has 0 amide bonds. The van der Waals surface area contributed by atoms with Crippen molar-refractivity contribution in [3.63, 3.8) is 0 Å². The monoisotopic (exact) mass is 389 g/mol. The standard InChI is InChI=1S/C22H20FN5O/c1-16-25-10-11-28(16)22-14-24-13-21(27-22)26-12-17-6-8-19(9-7-17)29-15-18-4-2-3-5-20(18)23/h2-11,13-14H,12,15H2,1H3,(H,26,27). The summed E-state index contributed by atoms with van der Waals surface area (Å²) in [4.78, 5) is 13.0. The minimum Gasteiger partial charge on any atom is -0.489 e. The molecule has 4 aromatic rings. The molecule has 6 nitrogen and oxygen atoms in total. The smallest absolute Gasteiger partial charge is 0.159 e. The van der Waals surface area contributed by atoms with Crippen LogP contribution in [0.4, 0.5) is 10.2 Å². The number of hydrogen-bond acceptors (Lipinski definition) is 5. The van der Waals surface area contributed by atoms with E-state index in [1.165, 1.54) is 6.07 Å². The predicted octanol–water partition coefficient (Wildman–Crippen LogP) is 4.30. The van der Waals surface area contributed by atoms with Crippen LogP contribution in [0.2, 0.25) is 0 Å². The van der Waals surface area contributed by atoms with E-state index in [0.717, 1.165) is 11.4 Å². The normalized spacial score (nSPS) is 10.7. The number of benzene rings is 2. The van der Waals surface area contributed by atoms with Crippen molar-refractivity contribution in [2.75, 3.05) is 5.32 Å². The van der Waals surface area contributed by atoms with Gasteiger partial charge in [-0.25, -0.2) is 14.4 Å². The number of anilines is 1. The topological polar surface area (TPSA) is 64.9 Å². The third-order valence-corrected chi connectivity index (χ3v) is 4.44. The molecule has 7 heteroatoms. The maximum Gasteiger partial charge on any atom is 0.159 e. The first-order valence-electron chi connectivity index (χ1n) is 9.20. The number of aromatic nitrogens is 4. The third kappa shape index (κ3) is 4.57. The Morgan fingerprint density at radius 2 is 1.90 bits per heavy atom. The average molecular weight is 389 g/mol. The van der Waals surface area contributed by atoms with E-state index in [-0.39, 0.29) is 12.4 Å². The first-order chi connectivity index (χ1) is 14.2. The van der Waals surface area contributed by atoms with Gasteiger partial charge in [0.05, 0.1) is 12.4 Å². The molecule has 146 valence electrons. The van der Waals surface area contributed by atoms with Gasteiger partial charge in [-0.05, 0) is 30.7 Å². The molecule has 4 rings (SSSR count). The van der Waals surface area contributed by atoms with Gasteiger partial charge in [0.2, 0.25) is 0 Å². The molecule has 0 saturated carbocycles. The maximum atomic E-state index is 13.7. The lowest BCUT2D eigenvalue weighted by Gasteiger charge is -2.10. The second kappa shape index (κ2) is 8.52. The quantitative estimate of drug-likeness (QED) is 0.511. The Morgan fingerprint density at radius 3 is 2.66 bits per heavy atom. The summed E-state index contributed by atoms with van der Waals surface area (Å²) in [6, 6.07) is 14.3. The van der Waals surface area contributed by atoms with Crippen LogP contribution in [0, 0.1) is 12.7 Å². The largest absolute Gasteiger partial charge is 0.489 e. The first-order valence-corrected chi connectivity index (χ1v) is 9.20. The number of ether oxygens (including phenoxy) is 1. The Bertz CT molecular complexity index is 1090. The first kappa shape index (κ1) is 18.6. The third-order valence-electron chi connectivity index (χ3n) is 4.44. The highest BCUT2D eigenvalue weighted by Crippen LogP contribution is 2.17. The van der Waals surface area contributed by atoms with Gasteiger partial charge < -0.3 is 10.1 Å². The van der Waals surface area contributed by atoms with Crippen LogP contribution in [0.5, 0.6) is 5.75 Å². The molecule has 0 saturated heterocycles. The summed E-state index contributed by atoms with van der Waals surface area (Å²) in [6.45, 7) is 2.70. The van der Waals surface area contributed by atoms with Gasteiger partial charge in [-0.1, -0.05) is 30.3 Å². The van der Waals surface area contributed by atoms with E-state index >= 15 is 0 Å². The minimum atomic E-state index is -0.262. The fourth-order valence-electron chi connectivity index (χ4n) is 2.85. The van der Waals surface area contributed by atoms with Gasteiger partial charge in [0, 0.05) is 24.5 Å². The molecule has 0 atom stereocenters. The molecular formula is C22H20FN5O. The van der Waals surface area contributed by atoms with Crippen molar-refractivity contribution in [1.29, 1.82) is 0 Å². The van der Waals surface area contributed by atoms with Gasteiger partial charge in [-0.3, -0.25) is 9.55 Å². The number of nitrogens with one attached hydrogen (secondary N) is 1. The number of hydrogen-bond donors (Lipinski definition) is 1. The Morgan fingerprint density at radius 1 is 1.07 bits per heavy atom. The number of halogens is 1. The van der Waals surface area contributed by atoms with Crippen LogP contribution >= 0.6 is 0 Å². The summed E-state index contributed by atoms with van der Waals surface area (Å²) in [5, 5.41) is 3.27. The molecule has 2 heterocycles. The van der Waals surface area contributed by atoms with E-state index in [1.807, 2.05) is 42.0 Å². The molecule has 1 N–H and O–H groups in total. The second-order valence-corrected chi connectivity index (χ2v) is 6.48. The van der Waals surface area contributed by atoms with Crippen molar-refractivity contribution in [3.8, 4) is 11.6 Å². The SMILES string of the molecule is Cc1nccn1-c1cncc(NCc2ccc(OCc3ccccc3F)cc2)n1. The minimum absolute atomic E-state index is 0.195. The summed E-state index contributed by atoms with van der Waals surface area (Å²) in [5.41, 5.74) is 1.60. The second-order valence-electron chi connectivity index (χ2n) is 6.48. The number of imidazole rings is 1. The molecule has 0 aliphatic rings. The summed E-state index contributed by atoms with van der Waals surface area (Å²) in [6.07, 6.45) is 6.96.